The second-order valence-electron chi connectivity index (χ2n) is 4.89. The van der Waals surface area contributed by atoms with Gasteiger partial charge in [0, 0.05) is 5.69 Å². The number of hydrogen-bond acceptors (Lipinski definition) is 2. The summed E-state index contributed by atoms with van der Waals surface area (Å²) < 4.78 is 36.9. The third-order valence-corrected chi connectivity index (χ3v) is 3.16. The van der Waals surface area contributed by atoms with Gasteiger partial charge < -0.3 is 11.1 Å². The van der Waals surface area contributed by atoms with Crippen molar-refractivity contribution < 1.29 is 18.0 Å². The molecule has 112 valence electrons. The summed E-state index contributed by atoms with van der Waals surface area (Å²) in [6.45, 7) is 3.77. The Morgan fingerprint density at radius 1 is 1.40 bits per heavy atom. The van der Waals surface area contributed by atoms with Gasteiger partial charge >= 0.3 is 6.18 Å². The maximum absolute atomic E-state index is 12.3. The molecular formula is C14H19F3N2O. The molecule has 6 heteroatoms. The van der Waals surface area contributed by atoms with Crippen molar-refractivity contribution in [2.75, 3.05) is 5.32 Å². The minimum absolute atomic E-state index is 0.00774. The average Bonchev–Trinajstić information content (AvgIpc) is 2.35. The highest BCUT2D eigenvalue weighted by Gasteiger charge is 2.27. The van der Waals surface area contributed by atoms with E-state index in [0.717, 1.165) is 6.42 Å². The molecule has 1 aromatic rings. The first kappa shape index (κ1) is 16.5. The van der Waals surface area contributed by atoms with Crippen LogP contribution in [0.25, 0.3) is 0 Å². The van der Waals surface area contributed by atoms with Gasteiger partial charge in [-0.2, -0.15) is 13.2 Å². The molecule has 2 unspecified atom stereocenters. The van der Waals surface area contributed by atoms with Gasteiger partial charge in [-0.25, -0.2) is 0 Å². The normalized spacial score (nSPS) is 14.7. The Balaban J connectivity index is 2.73. The van der Waals surface area contributed by atoms with Crippen molar-refractivity contribution in [1.29, 1.82) is 0 Å². The van der Waals surface area contributed by atoms with Crippen molar-refractivity contribution in [3.8, 4) is 0 Å². The van der Waals surface area contributed by atoms with Crippen LogP contribution in [0.2, 0.25) is 0 Å². The zero-order chi connectivity index (χ0) is 15.3. The van der Waals surface area contributed by atoms with Crippen molar-refractivity contribution in [3.63, 3.8) is 0 Å². The molecule has 3 nitrogen and oxygen atoms in total. The van der Waals surface area contributed by atoms with Crippen molar-refractivity contribution >= 4 is 11.6 Å². The van der Waals surface area contributed by atoms with Crippen LogP contribution in [0.15, 0.2) is 24.3 Å². The number of halogens is 3. The Bertz CT molecular complexity index is 460. The number of amides is 1. The van der Waals surface area contributed by atoms with Gasteiger partial charge in [0.2, 0.25) is 5.91 Å². The van der Waals surface area contributed by atoms with Gasteiger partial charge in [-0.05, 0) is 23.6 Å². The highest BCUT2D eigenvalue weighted by atomic mass is 19.4. The molecular weight excluding hydrogens is 269 g/mol. The van der Waals surface area contributed by atoms with Crippen LogP contribution in [0.3, 0.4) is 0 Å². The molecule has 0 spiro atoms. The summed E-state index contributed by atoms with van der Waals surface area (Å²) in [5, 5.41) is 2.55. The van der Waals surface area contributed by atoms with Crippen LogP contribution < -0.4 is 11.1 Å². The summed E-state index contributed by atoms with van der Waals surface area (Å²) in [6.07, 6.45) is -4.54. The first-order valence-corrected chi connectivity index (χ1v) is 6.45. The zero-order valence-corrected chi connectivity index (χ0v) is 11.5. The Morgan fingerprint density at radius 2 is 2.05 bits per heavy atom. The zero-order valence-electron chi connectivity index (χ0n) is 11.5. The van der Waals surface area contributed by atoms with E-state index in [-0.39, 0.29) is 17.4 Å². The summed E-state index contributed by atoms with van der Waals surface area (Å²) in [6, 6.07) is 5.03. The number of carbonyl (C=O) groups excluding carboxylic acids is 1. The Morgan fingerprint density at radius 3 is 2.60 bits per heavy atom. The van der Waals surface area contributed by atoms with Crippen molar-refractivity contribution in [2.24, 2.45) is 11.7 Å². The van der Waals surface area contributed by atoms with E-state index >= 15 is 0 Å². The molecule has 1 aromatic carbocycles. The molecule has 0 saturated carbocycles. The number of hydrogen-bond donors (Lipinski definition) is 2. The molecule has 2 atom stereocenters. The lowest BCUT2D eigenvalue weighted by atomic mass is 9.99. The lowest BCUT2D eigenvalue weighted by molar-refractivity contribution is -0.127. The summed E-state index contributed by atoms with van der Waals surface area (Å²) in [4.78, 5) is 11.9. The summed E-state index contributed by atoms with van der Waals surface area (Å²) in [5.74, 6) is -0.378. The lowest BCUT2D eigenvalue weighted by Crippen LogP contribution is -2.40. The van der Waals surface area contributed by atoms with E-state index in [2.05, 4.69) is 5.32 Å². The molecule has 20 heavy (non-hydrogen) atoms. The molecule has 0 aliphatic heterocycles. The maximum Gasteiger partial charge on any atom is 0.393 e. The third kappa shape index (κ3) is 5.21. The minimum Gasteiger partial charge on any atom is -0.325 e. The van der Waals surface area contributed by atoms with E-state index in [1.54, 1.807) is 6.07 Å². The second-order valence-corrected chi connectivity index (χ2v) is 4.89. The molecule has 0 heterocycles. The van der Waals surface area contributed by atoms with E-state index in [9.17, 15) is 18.0 Å². The van der Waals surface area contributed by atoms with Crippen LogP contribution in [-0.2, 0) is 11.2 Å². The average molecular weight is 288 g/mol. The number of nitrogens with two attached hydrogens (primary N) is 1. The van der Waals surface area contributed by atoms with Crippen LogP contribution in [-0.4, -0.2) is 18.1 Å². The predicted octanol–water partition coefficient (Wildman–Crippen LogP) is 3.10. The fourth-order valence-electron chi connectivity index (χ4n) is 1.73. The van der Waals surface area contributed by atoms with Crippen LogP contribution in [0.5, 0.6) is 0 Å². The van der Waals surface area contributed by atoms with Crippen LogP contribution in [0.4, 0.5) is 18.9 Å². The van der Waals surface area contributed by atoms with E-state index in [4.69, 9.17) is 5.73 Å². The fourth-order valence-corrected chi connectivity index (χ4v) is 1.73. The summed E-state index contributed by atoms with van der Waals surface area (Å²) in [7, 11) is 0. The molecule has 0 aliphatic carbocycles. The van der Waals surface area contributed by atoms with Gasteiger partial charge in [0.15, 0.2) is 0 Å². The van der Waals surface area contributed by atoms with Gasteiger partial charge in [-0.3, -0.25) is 4.79 Å². The molecule has 0 aliphatic rings. The van der Waals surface area contributed by atoms with Crippen molar-refractivity contribution in [3.05, 3.63) is 29.8 Å². The number of carbonyl (C=O) groups is 1. The molecule has 3 N–H and O–H groups in total. The van der Waals surface area contributed by atoms with Crippen LogP contribution in [0, 0.1) is 5.92 Å². The Hall–Kier alpha value is -1.56. The monoisotopic (exact) mass is 288 g/mol. The maximum atomic E-state index is 12.3. The fraction of sp³-hybridized carbons (Fsp3) is 0.500. The number of alkyl halides is 3. The molecule has 1 amide bonds. The highest BCUT2D eigenvalue weighted by Crippen LogP contribution is 2.23. The smallest absolute Gasteiger partial charge is 0.325 e. The first-order chi connectivity index (χ1) is 9.23. The summed E-state index contributed by atoms with van der Waals surface area (Å²) >= 11 is 0. The molecule has 0 saturated heterocycles. The van der Waals surface area contributed by atoms with Gasteiger partial charge in [0.1, 0.15) is 0 Å². The Labute approximate surface area is 116 Å². The third-order valence-electron chi connectivity index (χ3n) is 3.16. The Kier molecular flexibility index (Phi) is 5.56. The van der Waals surface area contributed by atoms with Gasteiger partial charge in [-0.15, -0.1) is 0 Å². The second kappa shape index (κ2) is 6.74. The quantitative estimate of drug-likeness (QED) is 0.874. The number of nitrogens with one attached hydrogen (secondary N) is 1. The molecule has 0 aromatic heterocycles. The van der Waals surface area contributed by atoms with E-state index in [1.807, 2.05) is 13.8 Å². The van der Waals surface area contributed by atoms with Crippen molar-refractivity contribution in [1.82, 2.24) is 0 Å². The molecule has 0 radical (unpaired) electrons. The SMILES string of the molecule is CCC(C)C(N)C(=O)Nc1cccc(CC(F)(F)F)c1. The highest BCUT2D eigenvalue weighted by molar-refractivity contribution is 5.94. The number of rotatable bonds is 5. The van der Waals surface area contributed by atoms with Gasteiger partial charge in [-0.1, -0.05) is 32.4 Å². The minimum atomic E-state index is -4.27. The topological polar surface area (TPSA) is 55.1 Å². The first-order valence-electron chi connectivity index (χ1n) is 6.45. The van der Waals surface area contributed by atoms with E-state index in [0.29, 0.717) is 5.69 Å². The van der Waals surface area contributed by atoms with E-state index < -0.39 is 18.6 Å². The molecule has 0 bridgehead atoms. The summed E-state index contributed by atoms with van der Waals surface area (Å²) in [5.41, 5.74) is 6.20. The van der Waals surface area contributed by atoms with Crippen LogP contribution >= 0.6 is 0 Å². The lowest BCUT2D eigenvalue weighted by Gasteiger charge is -2.18. The van der Waals surface area contributed by atoms with Crippen molar-refractivity contribution in [2.45, 2.75) is 38.9 Å². The molecule has 1 rings (SSSR count). The number of anilines is 1. The largest absolute Gasteiger partial charge is 0.393 e. The van der Waals surface area contributed by atoms with Gasteiger partial charge in [0.25, 0.3) is 0 Å². The van der Waals surface area contributed by atoms with Gasteiger partial charge in [0.05, 0.1) is 12.5 Å². The van der Waals surface area contributed by atoms with E-state index in [1.165, 1.54) is 18.2 Å². The number of benzene rings is 1. The molecule has 0 fully saturated rings. The van der Waals surface area contributed by atoms with Crippen LogP contribution in [0.1, 0.15) is 25.8 Å². The standard InChI is InChI=1S/C14H19F3N2O/c1-3-9(2)12(18)13(20)19-11-6-4-5-10(7-11)8-14(15,16)17/h4-7,9,12H,3,8,18H2,1-2H3,(H,19,20). The predicted molar refractivity (Wildman–Crippen MR) is 72.3 cm³/mol.